The molecule has 0 saturated heterocycles. The normalized spacial score (nSPS) is 20.8. The summed E-state index contributed by atoms with van der Waals surface area (Å²) in [6, 6.07) is 15.3. The summed E-state index contributed by atoms with van der Waals surface area (Å²) in [5.74, 6) is 0.971. The molecule has 0 bridgehead atoms. The first-order valence-electron chi connectivity index (χ1n) is 7.00. The van der Waals surface area contributed by atoms with Crippen LogP contribution < -0.4 is 4.74 Å². The summed E-state index contributed by atoms with van der Waals surface area (Å²) in [5.41, 5.74) is 4.36. The van der Waals surface area contributed by atoms with Gasteiger partial charge in [0.05, 0.1) is 12.5 Å². The van der Waals surface area contributed by atoms with E-state index in [9.17, 15) is 0 Å². The second-order valence-electron chi connectivity index (χ2n) is 5.36. The van der Waals surface area contributed by atoms with Crippen molar-refractivity contribution in [3.8, 4) is 5.75 Å². The Hall–Kier alpha value is -1.45. The molecule has 0 N–H and O–H groups in total. The van der Waals surface area contributed by atoms with Gasteiger partial charge < -0.3 is 4.74 Å². The van der Waals surface area contributed by atoms with Crippen molar-refractivity contribution in [2.24, 2.45) is 0 Å². The van der Waals surface area contributed by atoms with Crippen LogP contribution in [0.5, 0.6) is 5.75 Å². The minimum atomic E-state index is 0.458. The van der Waals surface area contributed by atoms with Crippen LogP contribution in [0.4, 0.5) is 0 Å². The van der Waals surface area contributed by atoms with Gasteiger partial charge in [-0.25, -0.2) is 0 Å². The van der Waals surface area contributed by atoms with Crippen LogP contribution >= 0.6 is 11.8 Å². The Morgan fingerprint density at radius 2 is 2.05 bits per heavy atom. The van der Waals surface area contributed by atoms with Crippen LogP contribution in [0.1, 0.15) is 22.1 Å². The highest BCUT2D eigenvalue weighted by Crippen LogP contribution is 2.47. The largest absolute Gasteiger partial charge is 0.497 e. The van der Waals surface area contributed by atoms with E-state index in [1.54, 1.807) is 7.11 Å². The molecule has 2 heterocycles. The maximum Gasteiger partial charge on any atom is 0.119 e. The lowest BCUT2D eigenvalue weighted by molar-refractivity contribution is 0.230. The van der Waals surface area contributed by atoms with Crippen molar-refractivity contribution >= 4 is 11.8 Å². The average molecular weight is 283 g/mol. The summed E-state index contributed by atoms with van der Waals surface area (Å²) in [5, 5.41) is 0.458. The second-order valence-corrected chi connectivity index (χ2v) is 6.49. The van der Waals surface area contributed by atoms with Crippen LogP contribution in [0.25, 0.3) is 0 Å². The molecule has 0 aromatic heterocycles. The lowest BCUT2D eigenvalue weighted by Gasteiger charge is -2.40. The third-order valence-electron chi connectivity index (χ3n) is 4.20. The molecular formula is C17H17NOS. The molecule has 0 radical (unpaired) electrons. The fourth-order valence-corrected chi connectivity index (χ4v) is 4.50. The minimum absolute atomic E-state index is 0.458. The Morgan fingerprint density at radius 3 is 2.95 bits per heavy atom. The summed E-state index contributed by atoms with van der Waals surface area (Å²) in [4.78, 5) is 4.01. The lowest BCUT2D eigenvalue weighted by Crippen LogP contribution is -2.35. The van der Waals surface area contributed by atoms with Crippen LogP contribution in [-0.2, 0) is 13.0 Å². The number of rotatable bonds is 1. The van der Waals surface area contributed by atoms with Gasteiger partial charge in [0.25, 0.3) is 0 Å². The maximum absolute atomic E-state index is 5.35. The highest BCUT2D eigenvalue weighted by Gasteiger charge is 2.32. The fraction of sp³-hybridized carbons (Fsp3) is 0.294. The fourth-order valence-electron chi connectivity index (χ4n) is 3.13. The van der Waals surface area contributed by atoms with Crippen LogP contribution in [0.2, 0.25) is 0 Å². The van der Waals surface area contributed by atoms with E-state index in [2.05, 4.69) is 47.4 Å². The number of nitrogens with zero attached hydrogens (tertiary/aromatic N) is 1. The van der Waals surface area contributed by atoms with E-state index in [4.69, 9.17) is 4.74 Å². The molecule has 2 aliphatic heterocycles. The van der Waals surface area contributed by atoms with Gasteiger partial charge in [-0.3, -0.25) is 4.90 Å². The summed E-state index contributed by atoms with van der Waals surface area (Å²) < 4.78 is 5.35. The molecule has 2 nitrogen and oxygen atoms in total. The highest BCUT2D eigenvalue weighted by atomic mass is 32.2. The van der Waals surface area contributed by atoms with Gasteiger partial charge in [0.2, 0.25) is 0 Å². The van der Waals surface area contributed by atoms with Crippen molar-refractivity contribution in [3.05, 3.63) is 59.2 Å². The SMILES string of the molecule is COc1ccc2c(c1)CCN1Cc3ccccc3S[C@@H]21. The molecule has 20 heavy (non-hydrogen) atoms. The van der Waals surface area contributed by atoms with Crippen molar-refractivity contribution < 1.29 is 4.74 Å². The first-order valence-corrected chi connectivity index (χ1v) is 7.88. The van der Waals surface area contributed by atoms with Crippen LogP contribution in [0, 0.1) is 0 Å². The second kappa shape index (κ2) is 4.83. The van der Waals surface area contributed by atoms with Crippen molar-refractivity contribution in [1.82, 2.24) is 4.90 Å². The minimum Gasteiger partial charge on any atom is -0.497 e. The Kier molecular flexibility index (Phi) is 2.97. The van der Waals surface area contributed by atoms with Gasteiger partial charge in [-0.1, -0.05) is 24.3 Å². The van der Waals surface area contributed by atoms with Crippen molar-refractivity contribution in [2.75, 3.05) is 13.7 Å². The first kappa shape index (κ1) is 12.3. The monoisotopic (exact) mass is 283 g/mol. The number of hydrogen-bond acceptors (Lipinski definition) is 3. The number of hydrogen-bond donors (Lipinski definition) is 0. The predicted molar refractivity (Wildman–Crippen MR) is 82.1 cm³/mol. The van der Waals surface area contributed by atoms with E-state index < -0.39 is 0 Å². The van der Waals surface area contributed by atoms with E-state index in [-0.39, 0.29) is 0 Å². The number of benzene rings is 2. The molecule has 0 amide bonds. The van der Waals surface area contributed by atoms with Gasteiger partial charge in [-0.15, -0.1) is 11.8 Å². The van der Waals surface area contributed by atoms with Crippen molar-refractivity contribution in [3.63, 3.8) is 0 Å². The standard InChI is InChI=1S/C17H17NOS/c1-19-14-6-7-15-12(10-14)8-9-18-11-13-4-2-3-5-16(13)20-17(15)18/h2-7,10,17H,8-9,11H2,1H3/t17-/m0/s1. The van der Waals surface area contributed by atoms with E-state index in [0.717, 1.165) is 25.3 Å². The number of ether oxygens (including phenoxy) is 1. The smallest absolute Gasteiger partial charge is 0.119 e. The van der Waals surface area contributed by atoms with Gasteiger partial charge in [-0.05, 0) is 41.3 Å². The molecule has 0 spiro atoms. The predicted octanol–water partition coefficient (Wildman–Crippen LogP) is 3.86. The molecule has 0 fully saturated rings. The van der Waals surface area contributed by atoms with Gasteiger partial charge in [0, 0.05) is 18.0 Å². The molecule has 0 saturated carbocycles. The third kappa shape index (κ3) is 1.93. The average Bonchev–Trinajstić information content (AvgIpc) is 2.52. The van der Waals surface area contributed by atoms with Gasteiger partial charge in [-0.2, -0.15) is 0 Å². The summed E-state index contributed by atoms with van der Waals surface area (Å²) in [6.45, 7) is 2.20. The zero-order valence-electron chi connectivity index (χ0n) is 11.5. The van der Waals surface area contributed by atoms with Gasteiger partial charge in [0.15, 0.2) is 0 Å². The summed E-state index contributed by atoms with van der Waals surface area (Å²) >= 11 is 1.98. The van der Waals surface area contributed by atoms with Crippen LogP contribution in [-0.4, -0.2) is 18.6 Å². The van der Waals surface area contributed by atoms with Crippen molar-refractivity contribution in [1.29, 1.82) is 0 Å². The zero-order valence-corrected chi connectivity index (χ0v) is 12.3. The van der Waals surface area contributed by atoms with E-state index in [1.165, 1.54) is 21.6 Å². The Morgan fingerprint density at radius 1 is 1.15 bits per heavy atom. The van der Waals surface area contributed by atoms with E-state index in [1.807, 2.05) is 11.8 Å². The Balaban J connectivity index is 1.74. The molecule has 4 rings (SSSR count). The van der Waals surface area contributed by atoms with E-state index in [0.29, 0.717) is 5.37 Å². The Labute approximate surface area is 123 Å². The third-order valence-corrected chi connectivity index (χ3v) is 5.63. The Bertz CT molecular complexity index is 655. The summed E-state index contributed by atoms with van der Waals surface area (Å²) in [6.07, 6.45) is 1.12. The topological polar surface area (TPSA) is 12.5 Å². The molecule has 2 aromatic rings. The maximum atomic E-state index is 5.35. The van der Waals surface area contributed by atoms with Crippen LogP contribution in [0.3, 0.4) is 0 Å². The molecule has 102 valence electrons. The first-order chi connectivity index (χ1) is 9.85. The summed E-state index contributed by atoms with van der Waals surface area (Å²) in [7, 11) is 1.74. The molecule has 2 aromatic carbocycles. The van der Waals surface area contributed by atoms with Gasteiger partial charge >= 0.3 is 0 Å². The molecule has 3 heteroatoms. The quantitative estimate of drug-likeness (QED) is 0.788. The molecule has 1 atom stereocenters. The van der Waals surface area contributed by atoms with Gasteiger partial charge in [0.1, 0.15) is 5.75 Å². The van der Waals surface area contributed by atoms with E-state index >= 15 is 0 Å². The number of methoxy groups -OCH3 is 1. The zero-order chi connectivity index (χ0) is 13.5. The number of fused-ring (bicyclic) bond motifs is 4. The highest BCUT2D eigenvalue weighted by molar-refractivity contribution is 7.99. The molecule has 0 unspecified atom stereocenters. The molecule has 0 aliphatic carbocycles. The molecular weight excluding hydrogens is 266 g/mol. The lowest BCUT2D eigenvalue weighted by atomic mass is 9.98. The van der Waals surface area contributed by atoms with Crippen LogP contribution in [0.15, 0.2) is 47.4 Å². The number of thioether (sulfide) groups is 1. The van der Waals surface area contributed by atoms with Crippen molar-refractivity contribution in [2.45, 2.75) is 23.2 Å². The molecule has 2 aliphatic rings.